The maximum atomic E-state index is 12.3. The van der Waals surface area contributed by atoms with Gasteiger partial charge in [-0.2, -0.15) is 4.72 Å². The minimum absolute atomic E-state index is 0.0811. The first-order valence-corrected chi connectivity index (χ1v) is 9.11. The van der Waals surface area contributed by atoms with Crippen LogP contribution in [0, 0.1) is 3.57 Å². The van der Waals surface area contributed by atoms with Crippen LogP contribution < -0.4 is 4.72 Å². The SMILES string of the molecule is COC(=O)C(COC(C)(C)C)NS(=O)(=O)c1ccc(I)cc1. The minimum atomic E-state index is -3.83. The summed E-state index contributed by atoms with van der Waals surface area (Å²) in [5.74, 6) is -0.696. The van der Waals surface area contributed by atoms with E-state index in [1.165, 1.54) is 19.2 Å². The second kappa shape index (κ2) is 7.71. The minimum Gasteiger partial charge on any atom is -0.468 e. The Kier molecular flexibility index (Phi) is 6.78. The molecule has 0 fully saturated rings. The molecule has 6 nitrogen and oxygen atoms in total. The number of ether oxygens (including phenoxy) is 2. The third kappa shape index (κ3) is 6.19. The number of carbonyl (C=O) groups excluding carboxylic acids is 1. The van der Waals surface area contributed by atoms with Crippen molar-refractivity contribution in [2.75, 3.05) is 13.7 Å². The summed E-state index contributed by atoms with van der Waals surface area (Å²) in [5.41, 5.74) is -0.499. The van der Waals surface area contributed by atoms with Crippen molar-refractivity contribution in [1.29, 1.82) is 0 Å². The number of benzene rings is 1. The first-order chi connectivity index (χ1) is 10.0. The summed E-state index contributed by atoms with van der Waals surface area (Å²) in [6.45, 7) is 5.33. The van der Waals surface area contributed by atoms with E-state index in [1.807, 2.05) is 20.8 Å². The lowest BCUT2D eigenvalue weighted by atomic mass is 10.2. The zero-order valence-corrected chi connectivity index (χ0v) is 15.9. The molecule has 0 amide bonds. The lowest BCUT2D eigenvalue weighted by molar-refractivity contribution is -0.145. The molecule has 0 aliphatic heterocycles. The molecule has 0 spiro atoms. The van der Waals surface area contributed by atoms with Crippen LogP contribution in [0.25, 0.3) is 0 Å². The average molecular weight is 441 g/mol. The number of hydrogen-bond acceptors (Lipinski definition) is 5. The summed E-state index contributed by atoms with van der Waals surface area (Å²) in [6.07, 6.45) is 0. The topological polar surface area (TPSA) is 81.7 Å². The van der Waals surface area contributed by atoms with E-state index in [2.05, 4.69) is 32.0 Å². The predicted molar refractivity (Wildman–Crippen MR) is 91.0 cm³/mol. The van der Waals surface area contributed by atoms with Gasteiger partial charge in [-0.3, -0.25) is 4.79 Å². The van der Waals surface area contributed by atoms with Crippen molar-refractivity contribution in [1.82, 2.24) is 4.72 Å². The number of carbonyl (C=O) groups is 1. The highest BCUT2D eigenvalue weighted by Crippen LogP contribution is 2.14. The maximum Gasteiger partial charge on any atom is 0.326 e. The van der Waals surface area contributed by atoms with E-state index in [0.717, 1.165) is 3.57 Å². The van der Waals surface area contributed by atoms with Crippen LogP contribution in [0.3, 0.4) is 0 Å². The van der Waals surface area contributed by atoms with E-state index in [1.54, 1.807) is 12.1 Å². The number of sulfonamides is 1. The highest BCUT2D eigenvalue weighted by molar-refractivity contribution is 14.1. The Hall–Kier alpha value is -0.710. The molecule has 1 N–H and O–H groups in total. The van der Waals surface area contributed by atoms with Gasteiger partial charge in [0, 0.05) is 3.57 Å². The highest BCUT2D eigenvalue weighted by atomic mass is 127. The predicted octanol–water partition coefficient (Wildman–Crippen LogP) is 1.93. The Labute approximate surface area is 144 Å². The summed E-state index contributed by atoms with van der Waals surface area (Å²) in [7, 11) is -2.63. The molecule has 1 aromatic carbocycles. The van der Waals surface area contributed by atoms with Crippen LogP contribution >= 0.6 is 22.6 Å². The number of methoxy groups -OCH3 is 1. The fraction of sp³-hybridized carbons (Fsp3) is 0.500. The Morgan fingerprint density at radius 1 is 1.27 bits per heavy atom. The second-order valence-electron chi connectivity index (χ2n) is 5.57. The van der Waals surface area contributed by atoms with Crippen molar-refractivity contribution in [3.63, 3.8) is 0 Å². The zero-order valence-electron chi connectivity index (χ0n) is 12.9. The molecule has 124 valence electrons. The van der Waals surface area contributed by atoms with Gasteiger partial charge in [0.05, 0.1) is 24.2 Å². The lowest BCUT2D eigenvalue weighted by Gasteiger charge is -2.23. The zero-order chi connectivity index (χ0) is 17.0. The molecular formula is C14H20INO5S. The number of esters is 1. The Balaban J connectivity index is 2.92. The summed E-state index contributed by atoms with van der Waals surface area (Å²) >= 11 is 2.08. The van der Waals surface area contributed by atoms with E-state index < -0.39 is 27.6 Å². The van der Waals surface area contributed by atoms with Crippen molar-refractivity contribution in [2.45, 2.75) is 37.3 Å². The van der Waals surface area contributed by atoms with Gasteiger partial charge in [-0.05, 0) is 67.6 Å². The molecular weight excluding hydrogens is 421 g/mol. The van der Waals surface area contributed by atoms with Crippen LogP contribution in [0.1, 0.15) is 20.8 Å². The van der Waals surface area contributed by atoms with Crippen LogP contribution in [0.4, 0.5) is 0 Å². The molecule has 1 rings (SSSR count). The van der Waals surface area contributed by atoms with Gasteiger partial charge >= 0.3 is 5.97 Å². The quantitative estimate of drug-likeness (QED) is 0.539. The summed E-state index contributed by atoms with van der Waals surface area (Å²) in [4.78, 5) is 11.8. The van der Waals surface area contributed by atoms with Crippen molar-refractivity contribution < 1.29 is 22.7 Å². The fourth-order valence-electron chi connectivity index (χ4n) is 1.49. The van der Waals surface area contributed by atoms with Gasteiger partial charge in [-0.25, -0.2) is 8.42 Å². The molecule has 0 aromatic heterocycles. The second-order valence-corrected chi connectivity index (χ2v) is 8.53. The van der Waals surface area contributed by atoms with Crippen LogP contribution in [0.2, 0.25) is 0 Å². The molecule has 0 heterocycles. The molecule has 0 radical (unpaired) electrons. The molecule has 8 heteroatoms. The molecule has 1 atom stereocenters. The Morgan fingerprint density at radius 3 is 2.27 bits per heavy atom. The molecule has 0 bridgehead atoms. The molecule has 0 aliphatic carbocycles. The standard InChI is InChI=1S/C14H20INO5S/c1-14(2,3)21-9-12(13(17)20-4)16-22(18,19)11-7-5-10(15)6-8-11/h5-8,12,16H,9H2,1-4H3. The van der Waals surface area contributed by atoms with Gasteiger partial charge in [0.25, 0.3) is 0 Å². The molecule has 0 aliphatic rings. The van der Waals surface area contributed by atoms with E-state index in [0.29, 0.717) is 0 Å². The van der Waals surface area contributed by atoms with E-state index in [9.17, 15) is 13.2 Å². The van der Waals surface area contributed by atoms with Crippen LogP contribution in [0.15, 0.2) is 29.2 Å². The molecule has 0 saturated heterocycles. The lowest BCUT2D eigenvalue weighted by Crippen LogP contribution is -2.46. The highest BCUT2D eigenvalue weighted by Gasteiger charge is 2.28. The van der Waals surface area contributed by atoms with Gasteiger partial charge < -0.3 is 9.47 Å². The normalized spacial score (nSPS) is 13.7. The third-order valence-electron chi connectivity index (χ3n) is 2.59. The summed E-state index contributed by atoms with van der Waals surface area (Å²) < 4.78 is 38.0. The van der Waals surface area contributed by atoms with Crippen molar-refractivity contribution in [3.8, 4) is 0 Å². The summed E-state index contributed by atoms with van der Waals surface area (Å²) in [5, 5.41) is 0. The van der Waals surface area contributed by atoms with Crippen molar-refractivity contribution in [2.24, 2.45) is 0 Å². The van der Waals surface area contributed by atoms with Crippen LogP contribution in [0.5, 0.6) is 0 Å². The van der Waals surface area contributed by atoms with E-state index in [4.69, 9.17) is 4.74 Å². The van der Waals surface area contributed by atoms with Gasteiger partial charge in [-0.15, -0.1) is 0 Å². The average Bonchev–Trinajstić information content (AvgIpc) is 2.42. The number of nitrogens with one attached hydrogen (secondary N) is 1. The Morgan fingerprint density at radius 2 is 1.82 bits per heavy atom. The fourth-order valence-corrected chi connectivity index (χ4v) is 3.02. The third-order valence-corrected chi connectivity index (χ3v) is 4.80. The number of rotatable bonds is 6. The molecule has 1 unspecified atom stereocenters. The summed E-state index contributed by atoms with van der Waals surface area (Å²) in [6, 6.07) is 5.20. The molecule has 0 saturated carbocycles. The largest absolute Gasteiger partial charge is 0.468 e. The van der Waals surface area contributed by atoms with Crippen LogP contribution in [-0.2, 0) is 24.3 Å². The van der Waals surface area contributed by atoms with Gasteiger partial charge in [0.15, 0.2) is 0 Å². The van der Waals surface area contributed by atoms with E-state index >= 15 is 0 Å². The van der Waals surface area contributed by atoms with Gasteiger partial charge in [-0.1, -0.05) is 0 Å². The molecule has 22 heavy (non-hydrogen) atoms. The van der Waals surface area contributed by atoms with Crippen molar-refractivity contribution in [3.05, 3.63) is 27.8 Å². The monoisotopic (exact) mass is 441 g/mol. The van der Waals surface area contributed by atoms with Gasteiger partial charge in [0.2, 0.25) is 10.0 Å². The first kappa shape index (κ1) is 19.3. The Bertz CT molecular complexity index is 607. The number of halogens is 1. The van der Waals surface area contributed by atoms with Crippen LogP contribution in [-0.4, -0.2) is 39.7 Å². The number of hydrogen-bond donors (Lipinski definition) is 1. The molecule has 1 aromatic rings. The van der Waals surface area contributed by atoms with Gasteiger partial charge in [0.1, 0.15) is 6.04 Å². The first-order valence-electron chi connectivity index (χ1n) is 6.55. The van der Waals surface area contributed by atoms with Crippen molar-refractivity contribution >= 4 is 38.6 Å². The maximum absolute atomic E-state index is 12.3. The smallest absolute Gasteiger partial charge is 0.326 e. The van der Waals surface area contributed by atoms with E-state index in [-0.39, 0.29) is 11.5 Å².